The standard InChI is InChI=1S/C14H17F3N4O2/c15-14(16,17)10-8-18-7-9-1-2-11(19-12(9)10)20-3-5-21(6-4-20)13(22)23/h1-2,10,18H,3-8H2,(H,22,23). The first kappa shape index (κ1) is 15.9. The van der Waals surface area contributed by atoms with E-state index >= 15 is 0 Å². The van der Waals surface area contributed by atoms with E-state index in [4.69, 9.17) is 5.11 Å². The molecule has 23 heavy (non-hydrogen) atoms. The fraction of sp³-hybridized carbons (Fsp3) is 0.571. The molecule has 0 bridgehead atoms. The van der Waals surface area contributed by atoms with Crippen molar-refractivity contribution in [3.63, 3.8) is 0 Å². The molecule has 126 valence electrons. The van der Waals surface area contributed by atoms with Crippen molar-refractivity contribution in [1.82, 2.24) is 15.2 Å². The van der Waals surface area contributed by atoms with Crippen molar-refractivity contribution in [1.29, 1.82) is 0 Å². The first-order valence-corrected chi connectivity index (χ1v) is 7.36. The van der Waals surface area contributed by atoms with Crippen molar-refractivity contribution in [3.05, 3.63) is 23.4 Å². The van der Waals surface area contributed by atoms with Gasteiger partial charge in [-0.25, -0.2) is 9.78 Å². The quantitative estimate of drug-likeness (QED) is 0.819. The number of nitrogens with one attached hydrogen (secondary N) is 1. The summed E-state index contributed by atoms with van der Waals surface area (Å²) in [6.07, 6.45) is -5.32. The Morgan fingerprint density at radius 2 is 1.96 bits per heavy atom. The average Bonchev–Trinajstić information content (AvgIpc) is 2.53. The average molecular weight is 330 g/mol. The number of fused-ring (bicyclic) bond motifs is 1. The van der Waals surface area contributed by atoms with E-state index in [1.165, 1.54) is 4.90 Å². The molecule has 2 N–H and O–H groups in total. The minimum atomic E-state index is -4.34. The highest BCUT2D eigenvalue weighted by Crippen LogP contribution is 2.37. The van der Waals surface area contributed by atoms with E-state index < -0.39 is 18.2 Å². The molecule has 0 radical (unpaired) electrons. The predicted octanol–water partition coefficient (Wildman–Crippen LogP) is 1.63. The maximum atomic E-state index is 13.2. The number of halogens is 3. The van der Waals surface area contributed by atoms with E-state index in [1.807, 2.05) is 4.90 Å². The summed E-state index contributed by atoms with van der Waals surface area (Å²) >= 11 is 0. The number of carbonyl (C=O) groups is 1. The molecule has 1 aromatic rings. The third-order valence-electron chi connectivity index (χ3n) is 4.26. The van der Waals surface area contributed by atoms with E-state index in [0.717, 1.165) is 0 Å². The Morgan fingerprint density at radius 3 is 2.57 bits per heavy atom. The highest BCUT2D eigenvalue weighted by molar-refractivity contribution is 5.65. The van der Waals surface area contributed by atoms with Crippen LogP contribution in [0.15, 0.2) is 12.1 Å². The molecule has 0 spiro atoms. The molecule has 1 saturated heterocycles. The minimum Gasteiger partial charge on any atom is -0.465 e. The zero-order valence-corrected chi connectivity index (χ0v) is 12.3. The first-order valence-electron chi connectivity index (χ1n) is 7.36. The van der Waals surface area contributed by atoms with E-state index in [1.54, 1.807) is 12.1 Å². The Kier molecular flexibility index (Phi) is 4.05. The van der Waals surface area contributed by atoms with E-state index in [-0.39, 0.29) is 12.2 Å². The van der Waals surface area contributed by atoms with Crippen LogP contribution in [0.1, 0.15) is 17.2 Å². The van der Waals surface area contributed by atoms with Crippen LogP contribution in [0.4, 0.5) is 23.8 Å². The van der Waals surface area contributed by atoms with Gasteiger partial charge in [0.25, 0.3) is 0 Å². The van der Waals surface area contributed by atoms with Gasteiger partial charge in [0.05, 0.1) is 5.69 Å². The molecule has 1 aromatic heterocycles. The molecule has 9 heteroatoms. The molecular weight excluding hydrogens is 313 g/mol. The summed E-state index contributed by atoms with van der Waals surface area (Å²) in [5.74, 6) is -1.13. The monoisotopic (exact) mass is 330 g/mol. The van der Waals surface area contributed by atoms with Gasteiger partial charge >= 0.3 is 12.3 Å². The molecule has 1 atom stereocenters. The number of aromatic nitrogens is 1. The Morgan fingerprint density at radius 1 is 1.26 bits per heavy atom. The first-order chi connectivity index (χ1) is 10.9. The Hall–Kier alpha value is -2.03. The van der Waals surface area contributed by atoms with Crippen molar-refractivity contribution in [2.24, 2.45) is 0 Å². The highest BCUT2D eigenvalue weighted by Gasteiger charge is 2.44. The lowest BCUT2D eigenvalue weighted by Gasteiger charge is -2.35. The van der Waals surface area contributed by atoms with E-state index in [9.17, 15) is 18.0 Å². The van der Waals surface area contributed by atoms with Gasteiger partial charge in [0.2, 0.25) is 0 Å². The molecule has 0 aliphatic carbocycles. The highest BCUT2D eigenvalue weighted by atomic mass is 19.4. The number of alkyl halides is 3. The topological polar surface area (TPSA) is 68.7 Å². The maximum absolute atomic E-state index is 13.2. The van der Waals surface area contributed by atoms with E-state index in [0.29, 0.717) is 44.1 Å². The Bertz CT molecular complexity index is 600. The summed E-state index contributed by atoms with van der Waals surface area (Å²) in [5, 5.41) is 11.7. The van der Waals surface area contributed by atoms with Crippen LogP contribution in [0, 0.1) is 0 Å². The lowest BCUT2D eigenvalue weighted by Crippen LogP contribution is -2.48. The molecule has 6 nitrogen and oxygen atoms in total. The van der Waals surface area contributed by atoms with Crippen molar-refractivity contribution in [3.8, 4) is 0 Å². The predicted molar refractivity (Wildman–Crippen MR) is 76.6 cm³/mol. The van der Waals surface area contributed by atoms with Crippen molar-refractivity contribution in [2.75, 3.05) is 37.6 Å². The van der Waals surface area contributed by atoms with Crippen LogP contribution >= 0.6 is 0 Å². The molecule has 0 aromatic carbocycles. The van der Waals surface area contributed by atoms with Crippen LogP contribution in [0.2, 0.25) is 0 Å². The van der Waals surface area contributed by atoms with Gasteiger partial charge in [-0.2, -0.15) is 13.2 Å². The van der Waals surface area contributed by atoms with Crippen LogP contribution in [-0.2, 0) is 6.54 Å². The SMILES string of the molecule is O=C(O)N1CCN(c2ccc3c(n2)C(C(F)(F)F)CNC3)CC1. The molecular formula is C14H17F3N4O2. The Labute approximate surface area is 130 Å². The summed E-state index contributed by atoms with van der Waals surface area (Å²) in [4.78, 5) is 18.3. The van der Waals surface area contributed by atoms with Gasteiger partial charge in [0, 0.05) is 39.3 Å². The summed E-state index contributed by atoms with van der Waals surface area (Å²) < 4.78 is 39.5. The van der Waals surface area contributed by atoms with Crippen LogP contribution in [0.25, 0.3) is 0 Å². The number of nitrogens with zero attached hydrogens (tertiary/aromatic N) is 3. The van der Waals surface area contributed by atoms with E-state index in [2.05, 4.69) is 10.3 Å². The number of anilines is 1. The summed E-state index contributed by atoms with van der Waals surface area (Å²) in [7, 11) is 0. The van der Waals surface area contributed by atoms with Crippen molar-refractivity contribution < 1.29 is 23.1 Å². The smallest absolute Gasteiger partial charge is 0.407 e. The number of pyridine rings is 1. The number of rotatable bonds is 1. The van der Waals surface area contributed by atoms with Gasteiger partial charge < -0.3 is 20.2 Å². The molecule has 3 rings (SSSR count). The van der Waals surface area contributed by atoms with Crippen molar-refractivity contribution in [2.45, 2.75) is 18.6 Å². The molecule has 2 aliphatic rings. The van der Waals surface area contributed by atoms with Crippen molar-refractivity contribution >= 4 is 11.9 Å². The summed E-state index contributed by atoms with van der Waals surface area (Å²) in [6.45, 7) is 1.69. The molecule has 1 fully saturated rings. The summed E-state index contributed by atoms with van der Waals surface area (Å²) in [5.41, 5.74) is 0.640. The maximum Gasteiger partial charge on any atom is 0.407 e. The van der Waals surface area contributed by atoms with Gasteiger partial charge in [-0.15, -0.1) is 0 Å². The molecule has 1 amide bonds. The third kappa shape index (κ3) is 3.19. The zero-order chi connectivity index (χ0) is 16.6. The lowest BCUT2D eigenvalue weighted by atomic mass is 9.95. The normalized spacial score (nSPS) is 22.0. The molecule has 1 unspecified atom stereocenters. The van der Waals surface area contributed by atoms with Crippen LogP contribution in [0.3, 0.4) is 0 Å². The van der Waals surface area contributed by atoms with Gasteiger partial charge in [-0.05, 0) is 11.6 Å². The minimum absolute atomic E-state index is 0.0782. The third-order valence-corrected chi connectivity index (χ3v) is 4.26. The second-order valence-electron chi connectivity index (χ2n) is 5.70. The number of hydrogen-bond donors (Lipinski definition) is 2. The van der Waals surface area contributed by atoms with Gasteiger partial charge in [-0.1, -0.05) is 6.07 Å². The number of hydrogen-bond acceptors (Lipinski definition) is 4. The fourth-order valence-electron chi connectivity index (χ4n) is 2.97. The van der Waals surface area contributed by atoms with Crippen LogP contribution in [0.5, 0.6) is 0 Å². The summed E-state index contributed by atoms with van der Waals surface area (Å²) in [6, 6.07) is 3.38. The molecule has 3 heterocycles. The zero-order valence-electron chi connectivity index (χ0n) is 12.3. The van der Waals surface area contributed by atoms with Gasteiger partial charge in [0.1, 0.15) is 11.7 Å². The van der Waals surface area contributed by atoms with Gasteiger partial charge in [0.15, 0.2) is 0 Å². The van der Waals surface area contributed by atoms with Crippen LogP contribution < -0.4 is 10.2 Å². The molecule has 2 aliphatic heterocycles. The van der Waals surface area contributed by atoms with Crippen LogP contribution in [-0.4, -0.2) is 60.0 Å². The Balaban J connectivity index is 1.82. The largest absolute Gasteiger partial charge is 0.465 e. The fourth-order valence-corrected chi connectivity index (χ4v) is 2.97. The number of piperazine rings is 1. The number of amides is 1. The second kappa shape index (κ2) is 5.88. The second-order valence-corrected chi connectivity index (χ2v) is 5.70. The lowest BCUT2D eigenvalue weighted by molar-refractivity contribution is -0.151. The molecule has 0 saturated carbocycles. The number of carboxylic acid groups (broad SMARTS) is 1. The van der Waals surface area contributed by atoms with Gasteiger partial charge in [-0.3, -0.25) is 0 Å².